The standard InChI is InChI=1S/C27H43N3O7/c1-8-10-11-17(3)12-13-20(28-25(35)37-26(4,5)6)23(33)30-16-19(31)14-21(30)22(32)29-27(24(34)36-7)15-18(27)9-2/h8-9,17-21,31H,1-2,10-16H2,3-7H3,(H,28,35)(H,29,32)/t17-,18?,19-,20-,21-,27+/m0/s1. The normalized spacial score (nSPS) is 26.4. The molecule has 1 aliphatic carbocycles. The predicted molar refractivity (Wildman–Crippen MR) is 138 cm³/mol. The van der Waals surface area contributed by atoms with Gasteiger partial charge in [-0.15, -0.1) is 13.2 Å². The lowest BCUT2D eigenvalue weighted by molar-refractivity contribution is -0.148. The number of alkyl carbamates (subject to hydrolysis) is 1. The molecule has 1 heterocycles. The average molecular weight is 522 g/mol. The number of esters is 1. The van der Waals surface area contributed by atoms with Crippen LogP contribution >= 0.6 is 0 Å². The summed E-state index contributed by atoms with van der Waals surface area (Å²) in [4.78, 5) is 53.2. The van der Waals surface area contributed by atoms with Crippen molar-refractivity contribution in [3.8, 4) is 0 Å². The van der Waals surface area contributed by atoms with E-state index in [0.717, 1.165) is 12.8 Å². The molecule has 208 valence electrons. The van der Waals surface area contributed by atoms with Crippen LogP contribution in [0.2, 0.25) is 0 Å². The third-order valence-corrected chi connectivity index (χ3v) is 6.86. The number of β-amino-alcohol motifs (C(OH)–C–C–N with tert-alkyl or cyclic N) is 1. The van der Waals surface area contributed by atoms with Crippen molar-refractivity contribution in [3.05, 3.63) is 25.3 Å². The van der Waals surface area contributed by atoms with E-state index in [4.69, 9.17) is 9.47 Å². The van der Waals surface area contributed by atoms with Crippen LogP contribution in [-0.4, -0.2) is 76.9 Å². The van der Waals surface area contributed by atoms with E-state index >= 15 is 0 Å². The number of aliphatic hydroxyl groups is 1. The number of nitrogens with zero attached hydrogens (tertiary/aromatic N) is 1. The van der Waals surface area contributed by atoms with Gasteiger partial charge in [-0.25, -0.2) is 9.59 Å². The van der Waals surface area contributed by atoms with E-state index in [1.54, 1.807) is 26.8 Å². The van der Waals surface area contributed by atoms with E-state index in [1.807, 2.05) is 6.08 Å². The molecule has 37 heavy (non-hydrogen) atoms. The highest BCUT2D eigenvalue weighted by atomic mass is 16.6. The Bertz CT molecular complexity index is 884. The minimum absolute atomic E-state index is 0.0163. The fourth-order valence-corrected chi connectivity index (χ4v) is 4.70. The number of rotatable bonds is 12. The third-order valence-electron chi connectivity index (χ3n) is 6.86. The number of nitrogens with one attached hydrogen (secondary N) is 2. The molecule has 0 aromatic carbocycles. The molecule has 1 unspecified atom stereocenters. The Kier molecular flexibility index (Phi) is 10.3. The maximum absolute atomic E-state index is 13.7. The first-order valence-corrected chi connectivity index (χ1v) is 12.9. The monoisotopic (exact) mass is 521 g/mol. The number of amides is 3. The second kappa shape index (κ2) is 12.6. The van der Waals surface area contributed by atoms with Crippen LogP contribution in [-0.2, 0) is 23.9 Å². The first-order valence-electron chi connectivity index (χ1n) is 12.9. The highest BCUT2D eigenvalue weighted by Gasteiger charge is 2.61. The molecule has 10 heteroatoms. The van der Waals surface area contributed by atoms with Gasteiger partial charge >= 0.3 is 12.1 Å². The van der Waals surface area contributed by atoms with E-state index in [0.29, 0.717) is 19.3 Å². The van der Waals surface area contributed by atoms with Crippen molar-refractivity contribution in [2.75, 3.05) is 13.7 Å². The van der Waals surface area contributed by atoms with Gasteiger partial charge in [0.15, 0.2) is 0 Å². The number of hydrogen-bond acceptors (Lipinski definition) is 7. The van der Waals surface area contributed by atoms with E-state index < -0.39 is 53.2 Å². The van der Waals surface area contributed by atoms with Crippen molar-refractivity contribution in [2.24, 2.45) is 11.8 Å². The fourth-order valence-electron chi connectivity index (χ4n) is 4.70. The van der Waals surface area contributed by atoms with Gasteiger partial charge in [0, 0.05) is 18.9 Å². The van der Waals surface area contributed by atoms with Crippen molar-refractivity contribution in [3.63, 3.8) is 0 Å². The number of ether oxygens (including phenoxy) is 2. The minimum Gasteiger partial charge on any atom is -0.467 e. The van der Waals surface area contributed by atoms with Crippen LogP contribution < -0.4 is 10.6 Å². The van der Waals surface area contributed by atoms with Gasteiger partial charge < -0.3 is 30.1 Å². The summed E-state index contributed by atoms with van der Waals surface area (Å²) in [5.41, 5.74) is -1.97. The van der Waals surface area contributed by atoms with Gasteiger partial charge in [0.25, 0.3) is 0 Å². The number of likely N-dealkylation sites (tertiary alicyclic amines) is 1. The van der Waals surface area contributed by atoms with Crippen molar-refractivity contribution in [2.45, 2.75) is 95.5 Å². The number of carbonyl (C=O) groups is 4. The van der Waals surface area contributed by atoms with E-state index in [2.05, 4.69) is 30.7 Å². The van der Waals surface area contributed by atoms with Gasteiger partial charge in [-0.05, 0) is 58.8 Å². The zero-order valence-electron chi connectivity index (χ0n) is 22.7. The SMILES string of the molecule is C=CCC[C@H](C)CC[C@H](NC(=O)OC(C)(C)C)C(=O)N1C[C@@H](O)C[C@H]1C(=O)N[C@]1(C(=O)OC)CC1C=C. The van der Waals surface area contributed by atoms with E-state index in [-0.39, 0.29) is 24.8 Å². The van der Waals surface area contributed by atoms with Crippen LogP contribution in [0.1, 0.15) is 66.2 Å². The molecular weight excluding hydrogens is 478 g/mol. The molecule has 2 fully saturated rings. The van der Waals surface area contributed by atoms with Crippen molar-refractivity contribution in [1.82, 2.24) is 15.5 Å². The number of carbonyl (C=O) groups excluding carboxylic acids is 4. The molecule has 2 aliphatic rings. The number of allylic oxidation sites excluding steroid dienone is 1. The molecule has 3 N–H and O–H groups in total. The summed E-state index contributed by atoms with van der Waals surface area (Å²) < 4.78 is 10.2. The lowest BCUT2D eigenvalue weighted by atomic mass is 9.96. The summed E-state index contributed by atoms with van der Waals surface area (Å²) in [7, 11) is 1.24. The summed E-state index contributed by atoms with van der Waals surface area (Å²) in [6.07, 6.45) is 4.85. The van der Waals surface area contributed by atoms with Crippen LogP contribution in [0.3, 0.4) is 0 Å². The number of methoxy groups -OCH3 is 1. The maximum atomic E-state index is 13.7. The molecule has 1 saturated heterocycles. The molecule has 1 saturated carbocycles. The number of aliphatic hydroxyl groups excluding tert-OH is 1. The van der Waals surface area contributed by atoms with Crippen molar-refractivity contribution < 1.29 is 33.8 Å². The Morgan fingerprint density at radius 3 is 2.41 bits per heavy atom. The molecule has 0 bridgehead atoms. The van der Waals surface area contributed by atoms with Crippen LogP contribution in [0.5, 0.6) is 0 Å². The smallest absolute Gasteiger partial charge is 0.408 e. The van der Waals surface area contributed by atoms with E-state index in [9.17, 15) is 24.3 Å². The molecule has 0 aromatic rings. The second-order valence-electron chi connectivity index (χ2n) is 11.1. The summed E-state index contributed by atoms with van der Waals surface area (Å²) in [5, 5.41) is 15.8. The zero-order valence-corrected chi connectivity index (χ0v) is 22.7. The Morgan fingerprint density at radius 1 is 1.19 bits per heavy atom. The molecule has 6 atom stereocenters. The lowest BCUT2D eigenvalue weighted by Crippen LogP contribution is -2.56. The predicted octanol–water partition coefficient (Wildman–Crippen LogP) is 2.46. The largest absolute Gasteiger partial charge is 0.467 e. The van der Waals surface area contributed by atoms with Crippen molar-refractivity contribution >= 4 is 23.9 Å². The summed E-state index contributed by atoms with van der Waals surface area (Å²) >= 11 is 0. The molecule has 0 aromatic heterocycles. The maximum Gasteiger partial charge on any atom is 0.408 e. The van der Waals surface area contributed by atoms with Gasteiger partial charge in [-0.2, -0.15) is 0 Å². The third kappa shape index (κ3) is 8.05. The Morgan fingerprint density at radius 2 is 1.86 bits per heavy atom. The Labute approximate surface area is 219 Å². The van der Waals surface area contributed by atoms with Crippen LogP contribution in [0.25, 0.3) is 0 Å². The molecule has 2 rings (SSSR count). The van der Waals surface area contributed by atoms with Crippen LogP contribution in [0.15, 0.2) is 25.3 Å². The van der Waals surface area contributed by atoms with Gasteiger partial charge in [-0.1, -0.05) is 19.1 Å². The molecule has 3 amide bonds. The molecule has 0 spiro atoms. The quantitative estimate of drug-likeness (QED) is 0.265. The second-order valence-corrected chi connectivity index (χ2v) is 11.1. The Balaban J connectivity index is 2.20. The summed E-state index contributed by atoms with van der Waals surface area (Å²) in [5.74, 6) is -1.63. The van der Waals surface area contributed by atoms with Gasteiger partial charge in [0.1, 0.15) is 23.2 Å². The van der Waals surface area contributed by atoms with Gasteiger partial charge in [0.05, 0.1) is 13.2 Å². The molecule has 0 radical (unpaired) electrons. The zero-order chi connectivity index (χ0) is 28.0. The first kappa shape index (κ1) is 30.3. The first-order chi connectivity index (χ1) is 17.3. The topological polar surface area (TPSA) is 134 Å². The summed E-state index contributed by atoms with van der Waals surface area (Å²) in [6, 6.07) is -1.95. The minimum atomic E-state index is -1.22. The highest BCUT2D eigenvalue weighted by Crippen LogP contribution is 2.45. The van der Waals surface area contributed by atoms with Crippen LogP contribution in [0.4, 0.5) is 4.79 Å². The average Bonchev–Trinajstić information content (AvgIpc) is 3.39. The fraction of sp³-hybridized carbons (Fsp3) is 0.704. The lowest BCUT2D eigenvalue weighted by Gasteiger charge is -2.30. The Hall–Kier alpha value is -2.88. The van der Waals surface area contributed by atoms with E-state index in [1.165, 1.54) is 12.0 Å². The van der Waals surface area contributed by atoms with Crippen LogP contribution in [0, 0.1) is 11.8 Å². The summed E-state index contributed by atoms with van der Waals surface area (Å²) in [6.45, 7) is 14.6. The molecule has 10 nitrogen and oxygen atoms in total. The highest BCUT2D eigenvalue weighted by molar-refractivity contribution is 5.96. The molecule has 1 aliphatic heterocycles. The van der Waals surface area contributed by atoms with Gasteiger partial charge in [0.2, 0.25) is 11.8 Å². The number of hydrogen-bond donors (Lipinski definition) is 3. The van der Waals surface area contributed by atoms with Crippen molar-refractivity contribution in [1.29, 1.82) is 0 Å². The molecular formula is C27H43N3O7. The van der Waals surface area contributed by atoms with Gasteiger partial charge in [-0.3, -0.25) is 9.59 Å².